The molecule has 0 spiro atoms. The van der Waals surface area contributed by atoms with E-state index in [1.807, 2.05) is 12.2 Å². The largest absolute Gasteiger partial charge is 0.481 e. The molecule has 2 amide bonds. The molecular weight excluding hydrogens is 1130 g/mol. The molecule has 2 aromatic rings. The van der Waals surface area contributed by atoms with E-state index in [-0.39, 0.29) is 72.4 Å². The Balaban J connectivity index is 1.32. The normalized spacial score (nSPS) is 20.6. The van der Waals surface area contributed by atoms with Crippen LogP contribution in [0.4, 0.5) is 5.82 Å². The van der Waals surface area contributed by atoms with E-state index in [9.17, 15) is 72.6 Å². The van der Waals surface area contributed by atoms with Crippen molar-refractivity contribution < 1.29 is 105 Å². The number of carboxylic acid groups (broad SMARTS) is 2. The average Bonchev–Trinajstić information content (AvgIpc) is 3.90. The number of amides is 2. The molecule has 10 unspecified atom stereocenters. The standard InChI is InChI=1S/C42H65N8O22P3S2/c1-42(2,23-69-75(66,67)72-74(64,65)68-21-28-35(71-73(61,62)63)34(56)40(70-28)50-25-49-33-37(44)47-24-48-38(33)50)36(57)39(58)46-18-17-30(52)45-19-20-76-32(55)16-11-9-7-5-3-4-6-8-10-14-29(77-22-26(43)41(59)60)27(51)13-12-15-31(53)54/h3-4,6,8,10-11,14,16,24-29,34-36,40,51,56-57H,5,7,9,12-13,15,17-23,43H2,1-2H3,(H,45,52)(H,46,58)(H,53,54)(H,59,60)(H,64,65)(H,66,67)(H2,44,47,48)(H2,61,62,63)/b4-3+,8-6+,14-10+,16-11+. The minimum Gasteiger partial charge on any atom is -0.481 e. The van der Waals surface area contributed by atoms with Gasteiger partial charge in [0.15, 0.2) is 17.7 Å². The highest BCUT2D eigenvalue weighted by Crippen LogP contribution is 2.61. The lowest BCUT2D eigenvalue weighted by Crippen LogP contribution is -2.46. The Morgan fingerprint density at radius 1 is 0.922 bits per heavy atom. The monoisotopic (exact) mass is 1190 g/mol. The van der Waals surface area contributed by atoms with Crippen LogP contribution >= 0.6 is 47.0 Å². The minimum absolute atomic E-state index is 0.0146. The summed E-state index contributed by atoms with van der Waals surface area (Å²) in [5.74, 6) is -3.39. The van der Waals surface area contributed by atoms with Crippen LogP contribution in [0.5, 0.6) is 0 Å². The number of thioether (sulfide) groups is 2. The molecule has 10 atom stereocenters. The number of carboxylic acids is 2. The van der Waals surface area contributed by atoms with E-state index in [0.717, 1.165) is 35.4 Å². The average molecular weight is 1190 g/mol. The first-order valence-electron chi connectivity index (χ1n) is 23.2. The van der Waals surface area contributed by atoms with Crippen LogP contribution < -0.4 is 22.1 Å². The topological polar surface area (TPSA) is 484 Å². The lowest BCUT2D eigenvalue weighted by molar-refractivity contribution is -0.138. The van der Waals surface area contributed by atoms with Gasteiger partial charge in [-0.2, -0.15) is 4.31 Å². The van der Waals surface area contributed by atoms with Gasteiger partial charge < -0.3 is 71.9 Å². The van der Waals surface area contributed by atoms with E-state index < -0.39 is 114 Å². The van der Waals surface area contributed by atoms with Gasteiger partial charge in [0.2, 0.25) is 16.9 Å². The number of ether oxygens (including phenoxy) is 1. The molecule has 432 valence electrons. The first-order valence-corrected chi connectivity index (χ1v) is 29.8. The van der Waals surface area contributed by atoms with Gasteiger partial charge in [-0.3, -0.25) is 42.1 Å². The van der Waals surface area contributed by atoms with Crippen LogP contribution in [-0.4, -0.2) is 173 Å². The van der Waals surface area contributed by atoms with Gasteiger partial charge in [-0.05, 0) is 38.2 Å². The Labute approximate surface area is 449 Å². The maximum Gasteiger partial charge on any atom is 0.481 e. The Morgan fingerprint density at radius 2 is 1.61 bits per heavy atom. The first kappa shape index (κ1) is 67.0. The fourth-order valence-corrected chi connectivity index (χ4v) is 11.1. The highest BCUT2D eigenvalue weighted by atomic mass is 32.2. The summed E-state index contributed by atoms with van der Waals surface area (Å²) in [6.45, 7) is 0.262. The smallest absolute Gasteiger partial charge is 0.481 e. The molecule has 1 aliphatic heterocycles. The van der Waals surface area contributed by atoms with Crippen molar-refractivity contribution in [3.05, 3.63) is 61.3 Å². The molecule has 0 radical (unpaired) electrons. The number of nitrogens with zero attached hydrogens (tertiary/aromatic N) is 4. The first-order chi connectivity index (χ1) is 36.0. The molecule has 3 rings (SSSR count). The van der Waals surface area contributed by atoms with Gasteiger partial charge in [-0.1, -0.05) is 68.1 Å². The second kappa shape index (κ2) is 32.1. The molecular formula is C42H65N8O22P3S2. The van der Waals surface area contributed by atoms with Gasteiger partial charge in [-0.15, -0.1) is 11.8 Å². The number of rotatable bonds is 36. The number of aliphatic hydroxyl groups is 3. The summed E-state index contributed by atoms with van der Waals surface area (Å²) in [4.78, 5) is 110. The molecule has 0 bridgehead atoms. The Morgan fingerprint density at radius 3 is 2.30 bits per heavy atom. The van der Waals surface area contributed by atoms with Crippen LogP contribution in [0.3, 0.4) is 0 Å². The highest BCUT2D eigenvalue weighted by Gasteiger charge is 2.50. The third-order valence-electron chi connectivity index (χ3n) is 10.6. The van der Waals surface area contributed by atoms with Crippen molar-refractivity contribution in [3.8, 4) is 0 Å². The quantitative estimate of drug-likeness (QED) is 0.0197. The fraction of sp³-hybridized carbons (Fsp3) is 0.571. The maximum absolute atomic E-state index is 12.8. The van der Waals surface area contributed by atoms with Crippen LogP contribution in [-0.2, 0) is 60.3 Å². The molecule has 35 heteroatoms. The Hall–Kier alpha value is -4.27. The lowest BCUT2D eigenvalue weighted by atomic mass is 9.87. The zero-order chi connectivity index (χ0) is 57.6. The summed E-state index contributed by atoms with van der Waals surface area (Å²) in [7, 11) is -16.5. The van der Waals surface area contributed by atoms with E-state index in [0.29, 0.717) is 12.8 Å². The van der Waals surface area contributed by atoms with Crippen LogP contribution in [0.1, 0.15) is 65.0 Å². The van der Waals surface area contributed by atoms with Crippen molar-refractivity contribution in [3.63, 3.8) is 0 Å². The molecule has 1 saturated heterocycles. The molecule has 15 N–H and O–H groups in total. The van der Waals surface area contributed by atoms with Crippen molar-refractivity contribution in [2.45, 2.75) is 107 Å². The predicted molar refractivity (Wildman–Crippen MR) is 277 cm³/mol. The molecule has 30 nitrogen and oxygen atoms in total. The Bertz CT molecular complexity index is 2570. The summed E-state index contributed by atoms with van der Waals surface area (Å²) >= 11 is 2.14. The number of fused-ring (bicyclic) bond motifs is 1. The number of aliphatic carboxylic acids is 2. The molecule has 0 saturated carbocycles. The molecule has 1 fully saturated rings. The molecule has 0 aliphatic carbocycles. The maximum atomic E-state index is 12.8. The summed E-state index contributed by atoms with van der Waals surface area (Å²) in [6, 6.07) is -1.11. The third-order valence-corrected chi connectivity index (χ3v) is 15.9. The number of phosphoric ester groups is 3. The summed E-state index contributed by atoms with van der Waals surface area (Å²) in [5.41, 5.74) is 9.78. The number of hydrogen-bond donors (Lipinski definition) is 13. The van der Waals surface area contributed by atoms with Gasteiger partial charge >= 0.3 is 35.4 Å². The van der Waals surface area contributed by atoms with E-state index in [1.165, 1.54) is 31.7 Å². The number of phosphoric acid groups is 3. The molecule has 1 aliphatic rings. The van der Waals surface area contributed by atoms with E-state index in [1.54, 1.807) is 30.4 Å². The highest BCUT2D eigenvalue weighted by molar-refractivity contribution is 8.14. The zero-order valence-corrected chi connectivity index (χ0v) is 45.8. The number of imidazole rings is 1. The summed E-state index contributed by atoms with van der Waals surface area (Å²) in [5, 5.41) is 54.2. The second-order valence-electron chi connectivity index (χ2n) is 17.4. The van der Waals surface area contributed by atoms with Crippen molar-refractivity contribution in [2.24, 2.45) is 11.1 Å². The number of nitrogen functional groups attached to an aromatic ring is 1. The summed E-state index contributed by atoms with van der Waals surface area (Å²) in [6.07, 6.45) is 8.26. The zero-order valence-electron chi connectivity index (χ0n) is 41.5. The van der Waals surface area contributed by atoms with Crippen molar-refractivity contribution in [1.29, 1.82) is 0 Å². The predicted octanol–water partition coefficient (Wildman–Crippen LogP) is 1.19. The molecule has 77 heavy (non-hydrogen) atoms. The fourth-order valence-electron chi connectivity index (χ4n) is 6.55. The van der Waals surface area contributed by atoms with Gasteiger partial charge in [0, 0.05) is 48.1 Å². The molecule has 3 heterocycles. The van der Waals surface area contributed by atoms with Gasteiger partial charge in [-0.25, -0.2) is 28.6 Å². The number of unbranched alkanes of at least 4 members (excludes halogenated alkanes) is 2. The second-order valence-corrected chi connectivity index (χ2v) is 23.9. The number of hydrogen-bond acceptors (Lipinski definition) is 23. The summed E-state index contributed by atoms with van der Waals surface area (Å²) < 4.78 is 62.4. The lowest BCUT2D eigenvalue weighted by Gasteiger charge is -2.30. The Kier molecular flexibility index (Phi) is 27.9. The van der Waals surface area contributed by atoms with E-state index in [2.05, 4.69) is 34.4 Å². The molecule has 0 aromatic carbocycles. The van der Waals surface area contributed by atoms with Crippen molar-refractivity contribution in [1.82, 2.24) is 30.2 Å². The van der Waals surface area contributed by atoms with Crippen LogP contribution in [0.2, 0.25) is 0 Å². The number of aromatic nitrogens is 4. The SMILES string of the molecule is CC(C)(COP(=O)(O)OP(=O)(O)OCC1OC(n2cnc3c(N)ncnc32)C(O)C1OP(=O)(O)O)C(O)C(=O)NCCC(=O)NCCSC(=O)/C=C/CCC/C=C/C=C/C=C/C(SCC(N)C(=O)O)C(O)CCCC(=O)O. The third kappa shape index (κ3) is 24.7. The number of carbonyl (C=O) groups excluding carboxylic acids is 3. The van der Waals surface area contributed by atoms with Gasteiger partial charge in [0.25, 0.3) is 0 Å². The van der Waals surface area contributed by atoms with Crippen LogP contribution in [0.25, 0.3) is 11.2 Å². The number of nitrogens with two attached hydrogens (primary N) is 2. The molecule has 2 aromatic heterocycles. The van der Waals surface area contributed by atoms with Gasteiger partial charge in [0.05, 0.1) is 25.6 Å². The number of aliphatic hydroxyl groups excluding tert-OH is 3. The van der Waals surface area contributed by atoms with E-state index in [4.69, 9.17) is 35.5 Å². The van der Waals surface area contributed by atoms with Crippen molar-refractivity contribution >= 4 is 92.8 Å². The van der Waals surface area contributed by atoms with Crippen molar-refractivity contribution in [2.75, 3.05) is 43.5 Å². The number of allylic oxidation sites excluding steroid dienone is 6. The number of carbonyl (C=O) groups is 5. The van der Waals surface area contributed by atoms with E-state index >= 15 is 0 Å². The number of nitrogens with one attached hydrogen (secondary N) is 2. The minimum atomic E-state index is -5.61. The van der Waals surface area contributed by atoms with Crippen LogP contribution in [0.15, 0.2) is 61.3 Å². The van der Waals surface area contributed by atoms with Crippen LogP contribution in [0, 0.1) is 5.41 Å². The number of anilines is 1. The van der Waals surface area contributed by atoms with Gasteiger partial charge in [0.1, 0.15) is 42.3 Å².